The predicted octanol–water partition coefficient (Wildman–Crippen LogP) is 5.06. The molecule has 5 rings (SSSR count). The van der Waals surface area contributed by atoms with Gasteiger partial charge in [-0.1, -0.05) is 37.3 Å². The second kappa shape index (κ2) is 7.01. The molecule has 0 fully saturated rings. The van der Waals surface area contributed by atoms with Crippen LogP contribution in [0.3, 0.4) is 0 Å². The Labute approximate surface area is 172 Å². The summed E-state index contributed by atoms with van der Waals surface area (Å²) in [5.41, 5.74) is 1.97. The van der Waals surface area contributed by atoms with Gasteiger partial charge < -0.3 is 4.74 Å². The second-order valence-corrected chi connectivity index (χ2v) is 8.32. The van der Waals surface area contributed by atoms with Gasteiger partial charge in [-0.3, -0.25) is 14.2 Å². The fourth-order valence-electron chi connectivity index (χ4n) is 4.02. The van der Waals surface area contributed by atoms with Crippen molar-refractivity contribution in [3.05, 3.63) is 92.4 Å². The standard InChI is InChI=1S/C24H19NO3S/c1-2-16-12-13-20(29-16)18-14-21(26)28-23-17-10-6-7-11-19(17)25(24(27)22(18)23)15-8-4-3-5-9-15/h3-13,18H,2,14H2,1H3. The van der Waals surface area contributed by atoms with Gasteiger partial charge in [0.25, 0.3) is 5.56 Å². The number of para-hydroxylation sites is 2. The van der Waals surface area contributed by atoms with E-state index in [-0.39, 0.29) is 23.9 Å². The van der Waals surface area contributed by atoms with Crippen LogP contribution in [0.15, 0.2) is 71.5 Å². The van der Waals surface area contributed by atoms with Crippen molar-refractivity contribution in [3.8, 4) is 11.4 Å². The highest BCUT2D eigenvalue weighted by Crippen LogP contribution is 2.43. The van der Waals surface area contributed by atoms with E-state index in [2.05, 4.69) is 13.0 Å². The van der Waals surface area contributed by atoms with E-state index in [1.54, 1.807) is 15.9 Å². The highest BCUT2D eigenvalue weighted by molar-refractivity contribution is 7.12. The van der Waals surface area contributed by atoms with E-state index in [0.29, 0.717) is 11.3 Å². The number of ether oxygens (including phenoxy) is 1. The van der Waals surface area contributed by atoms with Crippen LogP contribution in [0, 0.1) is 0 Å². The number of aryl methyl sites for hydroxylation is 1. The summed E-state index contributed by atoms with van der Waals surface area (Å²) in [6.07, 6.45) is 1.11. The van der Waals surface area contributed by atoms with Gasteiger partial charge in [-0.2, -0.15) is 0 Å². The summed E-state index contributed by atoms with van der Waals surface area (Å²) in [5, 5.41) is 0.774. The van der Waals surface area contributed by atoms with Crippen LogP contribution in [-0.2, 0) is 11.2 Å². The van der Waals surface area contributed by atoms with Crippen LogP contribution in [0.1, 0.15) is 34.6 Å². The molecule has 144 valence electrons. The van der Waals surface area contributed by atoms with Crippen LogP contribution in [0.5, 0.6) is 5.75 Å². The minimum Gasteiger partial charge on any atom is -0.425 e. The number of fused-ring (bicyclic) bond motifs is 3. The minimum absolute atomic E-state index is 0.131. The average molecular weight is 401 g/mol. The molecule has 0 bridgehead atoms. The van der Waals surface area contributed by atoms with E-state index in [1.165, 1.54) is 4.88 Å². The molecule has 2 aromatic heterocycles. The first-order chi connectivity index (χ1) is 14.2. The predicted molar refractivity (Wildman–Crippen MR) is 115 cm³/mol. The lowest BCUT2D eigenvalue weighted by molar-refractivity contribution is -0.135. The Hall–Kier alpha value is -3.18. The first-order valence-electron chi connectivity index (χ1n) is 9.69. The molecule has 5 heteroatoms. The number of benzene rings is 2. The molecule has 0 N–H and O–H groups in total. The van der Waals surface area contributed by atoms with Crippen molar-refractivity contribution in [1.82, 2.24) is 4.57 Å². The van der Waals surface area contributed by atoms with Crippen molar-refractivity contribution < 1.29 is 9.53 Å². The zero-order valence-electron chi connectivity index (χ0n) is 15.9. The molecule has 0 saturated carbocycles. The van der Waals surface area contributed by atoms with Crippen molar-refractivity contribution in [1.29, 1.82) is 0 Å². The van der Waals surface area contributed by atoms with Gasteiger partial charge >= 0.3 is 5.97 Å². The molecule has 0 spiro atoms. The van der Waals surface area contributed by atoms with E-state index in [9.17, 15) is 9.59 Å². The highest BCUT2D eigenvalue weighted by Gasteiger charge is 2.34. The number of carbonyl (C=O) groups is 1. The summed E-state index contributed by atoms with van der Waals surface area (Å²) in [5.74, 6) is -0.176. The van der Waals surface area contributed by atoms with Gasteiger partial charge in [0.1, 0.15) is 5.75 Å². The smallest absolute Gasteiger partial charge is 0.312 e. The maximum absolute atomic E-state index is 13.8. The van der Waals surface area contributed by atoms with E-state index in [0.717, 1.165) is 27.9 Å². The number of hydrogen-bond acceptors (Lipinski definition) is 4. The van der Waals surface area contributed by atoms with Crippen molar-refractivity contribution in [2.45, 2.75) is 25.7 Å². The summed E-state index contributed by atoms with van der Waals surface area (Å²) in [7, 11) is 0. The number of esters is 1. The van der Waals surface area contributed by atoms with Crippen LogP contribution in [0.4, 0.5) is 0 Å². The summed E-state index contributed by atoms with van der Waals surface area (Å²) in [4.78, 5) is 28.5. The molecule has 3 heterocycles. The summed E-state index contributed by atoms with van der Waals surface area (Å²) < 4.78 is 7.38. The van der Waals surface area contributed by atoms with Crippen LogP contribution in [-0.4, -0.2) is 10.5 Å². The number of carbonyl (C=O) groups excluding carboxylic acids is 1. The Bertz CT molecular complexity index is 1290. The Morgan fingerprint density at radius 3 is 2.52 bits per heavy atom. The van der Waals surface area contributed by atoms with E-state index in [4.69, 9.17) is 4.74 Å². The molecule has 1 atom stereocenters. The molecule has 1 aliphatic rings. The van der Waals surface area contributed by atoms with Gasteiger partial charge in [0.15, 0.2) is 0 Å². The Morgan fingerprint density at radius 1 is 1.00 bits per heavy atom. The topological polar surface area (TPSA) is 48.3 Å². The van der Waals surface area contributed by atoms with Gasteiger partial charge in [0.05, 0.1) is 17.5 Å². The molecule has 0 saturated heterocycles. The largest absolute Gasteiger partial charge is 0.425 e. The summed E-state index contributed by atoms with van der Waals surface area (Å²) in [6, 6.07) is 21.3. The van der Waals surface area contributed by atoms with Crippen molar-refractivity contribution in [2.75, 3.05) is 0 Å². The molecule has 0 radical (unpaired) electrons. The van der Waals surface area contributed by atoms with Crippen molar-refractivity contribution in [3.63, 3.8) is 0 Å². The molecule has 4 aromatic rings. The van der Waals surface area contributed by atoms with E-state index < -0.39 is 0 Å². The van der Waals surface area contributed by atoms with Crippen molar-refractivity contribution in [2.24, 2.45) is 0 Å². The SMILES string of the molecule is CCc1ccc(C2CC(=O)Oc3c2c(=O)n(-c2ccccc2)c2ccccc32)s1. The van der Waals surface area contributed by atoms with Crippen LogP contribution in [0.25, 0.3) is 16.6 Å². The molecule has 1 unspecified atom stereocenters. The van der Waals surface area contributed by atoms with Gasteiger partial charge in [0.2, 0.25) is 0 Å². The summed E-state index contributed by atoms with van der Waals surface area (Å²) in [6.45, 7) is 2.11. The molecule has 29 heavy (non-hydrogen) atoms. The molecule has 4 nitrogen and oxygen atoms in total. The number of thiophene rings is 1. The maximum Gasteiger partial charge on any atom is 0.312 e. The monoisotopic (exact) mass is 401 g/mol. The molecular weight excluding hydrogens is 382 g/mol. The Balaban J connectivity index is 1.86. The van der Waals surface area contributed by atoms with E-state index >= 15 is 0 Å². The lowest BCUT2D eigenvalue weighted by Gasteiger charge is -2.26. The lowest BCUT2D eigenvalue weighted by atomic mass is 9.90. The second-order valence-electron chi connectivity index (χ2n) is 7.12. The van der Waals surface area contributed by atoms with Gasteiger partial charge in [-0.25, -0.2) is 0 Å². The molecule has 0 amide bonds. The minimum atomic E-state index is -0.295. The normalized spacial score (nSPS) is 15.9. The number of aromatic nitrogens is 1. The van der Waals surface area contributed by atoms with Crippen molar-refractivity contribution >= 4 is 28.2 Å². The lowest BCUT2D eigenvalue weighted by Crippen LogP contribution is -2.31. The Kier molecular flexibility index (Phi) is 4.32. The fourth-order valence-corrected chi connectivity index (χ4v) is 5.08. The average Bonchev–Trinajstić information content (AvgIpc) is 3.23. The number of rotatable bonds is 3. The van der Waals surface area contributed by atoms with Crippen LogP contribution < -0.4 is 10.3 Å². The molecular formula is C24H19NO3S. The fraction of sp³-hybridized carbons (Fsp3) is 0.167. The van der Waals surface area contributed by atoms with E-state index in [1.807, 2.05) is 60.7 Å². The first kappa shape index (κ1) is 17.9. The Morgan fingerprint density at radius 2 is 1.76 bits per heavy atom. The van der Waals surface area contributed by atoms with Gasteiger partial charge in [-0.15, -0.1) is 11.3 Å². The zero-order chi connectivity index (χ0) is 20.0. The third kappa shape index (κ3) is 2.89. The van der Waals surface area contributed by atoms with Gasteiger partial charge in [0, 0.05) is 26.7 Å². The highest BCUT2D eigenvalue weighted by atomic mass is 32.1. The quantitative estimate of drug-likeness (QED) is 0.451. The summed E-state index contributed by atoms with van der Waals surface area (Å²) >= 11 is 1.66. The number of hydrogen-bond donors (Lipinski definition) is 0. The number of nitrogens with zero attached hydrogens (tertiary/aromatic N) is 1. The first-order valence-corrected chi connectivity index (χ1v) is 10.5. The molecule has 0 aliphatic carbocycles. The molecule has 1 aliphatic heterocycles. The third-order valence-corrected chi connectivity index (χ3v) is 6.73. The zero-order valence-corrected chi connectivity index (χ0v) is 16.7. The van der Waals surface area contributed by atoms with Gasteiger partial charge in [-0.05, 0) is 42.8 Å². The molecule has 2 aromatic carbocycles. The third-order valence-electron chi connectivity index (χ3n) is 5.39. The maximum atomic E-state index is 13.8. The number of pyridine rings is 1. The van der Waals surface area contributed by atoms with Crippen LogP contribution in [0.2, 0.25) is 0 Å². The van der Waals surface area contributed by atoms with Crippen LogP contribution >= 0.6 is 11.3 Å².